The SMILES string of the molecule is CCCCCOc1cc(N2CCCN(Cc3ccc(COS(=O)(=O)c4ccc(C)cc4)cc3OC)C2=O)ccc1OC. The van der Waals surface area contributed by atoms with E-state index in [1.54, 1.807) is 48.3 Å². The van der Waals surface area contributed by atoms with E-state index in [-0.39, 0.29) is 17.5 Å². The molecule has 1 heterocycles. The first-order valence-electron chi connectivity index (χ1n) is 14.2. The summed E-state index contributed by atoms with van der Waals surface area (Å²) in [7, 11) is -0.741. The van der Waals surface area contributed by atoms with Gasteiger partial charge in [0, 0.05) is 30.4 Å². The van der Waals surface area contributed by atoms with Gasteiger partial charge in [-0.15, -0.1) is 0 Å². The summed E-state index contributed by atoms with van der Waals surface area (Å²) in [6, 6.07) is 17.4. The first-order chi connectivity index (χ1) is 20.2. The van der Waals surface area contributed by atoms with Crippen LogP contribution in [-0.4, -0.2) is 53.3 Å². The molecule has 0 radical (unpaired) electrons. The third-order valence-corrected chi connectivity index (χ3v) is 8.46. The van der Waals surface area contributed by atoms with E-state index in [1.165, 1.54) is 12.1 Å². The third kappa shape index (κ3) is 7.74. The first-order valence-corrected chi connectivity index (χ1v) is 15.7. The van der Waals surface area contributed by atoms with Crippen LogP contribution in [0, 0.1) is 6.92 Å². The van der Waals surface area contributed by atoms with Crippen molar-refractivity contribution in [3.05, 3.63) is 77.4 Å². The summed E-state index contributed by atoms with van der Waals surface area (Å²) in [4.78, 5) is 17.2. The monoisotopic (exact) mass is 596 g/mol. The van der Waals surface area contributed by atoms with Gasteiger partial charge in [0.25, 0.3) is 10.1 Å². The Labute approximate surface area is 249 Å². The lowest BCUT2D eigenvalue weighted by Gasteiger charge is -2.36. The van der Waals surface area contributed by atoms with Gasteiger partial charge in [0.15, 0.2) is 11.5 Å². The van der Waals surface area contributed by atoms with Crippen molar-refractivity contribution in [3.63, 3.8) is 0 Å². The number of amides is 2. The molecule has 1 fully saturated rings. The van der Waals surface area contributed by atoms with Crippen LogP contribution < -0.4 is 19.1 Å². The largest absolute Gasteiger partial charge is 0.496 e. The van der Waals surface area contributed by atoms with Gasteiger partial charge in [-0.3, -0.25) is 9.08 Å². The molecular formula is C32H40N2O7S. The Bertz CT molecular complexity index is 1460. The van der Waals surface area contributed by atoms with Crippen LogP contribution in [0.4, 0.5) is 10.5 Å². The number of benzene rings is 3. The van der Waals surface area contributed by atoms with E-state index in [0.717, 1.165) is 42.5 Å². The zero-order valence-electron chi connectivity index (χ0n) is 24.8. The second-order valence-electron chi connectivity index (χ2n) is 10.3. The molecule has 226 valence electrons. The van der Waals surface area contributed by atoms with Crippen molar-refractivity contribution < 1.29 is 31.6 Å². The van der Waals surface area contributed by atoms with Crippen LogP contribution in [0.15, 0.2) is 65.6 Å². The molecule has 1 aliphatic rings. The Balaban J connectivity index is 1.44. The van der Waals surface area contributed by atoms with Crippen molar-refractivity contribution in [2.24, 2.45) is 0 Å². The number of anilines is 1. The van der Waals surface area contributed by atoms with Crippen molar-refractivity contribution >= 4 is 21.8 Å². The number of carbonyl (C=O) groups excluding carboxylic acids is 1. The quantitative estimate of drug-likeness (QED) is 0.159. The van der Waals surface area contributed by atoms with Gasteiger partial charge in [0.05, 0.1) is 38.9 Å². The molecule has 0 aromatic heterocycles. The summed E-state index contributed by atoms with van der Waals surface area (Å²) in [5.74, 6) is 1.82. The molecule has 10 heteroatoms. The molecule has 0 bridgehead atoms. The third-order valence-electron chi connectivity index (χ3n) is 7.18. The lowest BCUT2D eigenvalue weighted by molar-refractivity contribution is 0.191. The molecule has 1 aliphatic heterocycles. The van der Waals surface area contributed by atoms with Crippen LogP contribution in [0.1, 0.15) is 49.3 Å². The molecule has 0 N–H and O–H groups in total. The Kier molecular flexibility index (Phi) is 10.7. The van der Waals surface area contributed by atoms with E-state index in [0.29, 0.717) is 49.1 Å². The molecule has 0 aliphatic carbocycles. The number of ether oxygens (including phenoxy) is 3. The van der Waals surface area contributed by atoms with E-state index in [2.05, 4.69) is 6.92 Å². The summed E-state index contributed by atoms with van der Waals surface area (Å²) in [5.41, 5.74) is 3.17. The molecular weight excluding hydrogens is 556 g/mol. The molecule has 3 aromatic carbocycles. The average molecular weight is 597 g/mol. The van der Waals surface area contributed by atoms with Crippen LogP contribution in [0.2, 0.25) is 0 Å². The minimum atomic E-state index is -3.90. The van der Waals surface area contributed by atoms with Crippen LogP contribution in [0.5, 0.6) is 17.2 Å². The predicted octanol–water partition coefficient (Wildman–Crippen LogP) is 6.32. The molecule has 1 saturated heterocycles. The highest BCUT2D eigenvalue weighted by molar-refractivity contribution is 7.86. The van der Waals surface area contributed by atoms with Crippen molar-refractivity contribution in [1.29, 1.82) is 0 Å². The fourth-order valence-electron chi connectivity index (χ4n) is 4.78. The lowest BCUT2D eigenvalue weighted by Crippen LogP contribution is -2.49. The molecule has 4 rings (SSSR count). The van der Waals surface area contributed by atoms with E-state index >= 15 is 0 Å². The Morgan fingerprint density at radius 2 is 1.62 bits per heavy atom. The van der Waals surface area contributed by atoms with E-state index in [1.807, 2.05) is 31.2 Å². The summed E-state index contributed by atoms with van der Waals surface area (Å²) < 4.78 is 47.6. The maximum Gasteiger partial charge on any atom is 0.324 e. The molecule has 0 spiro atoms. The average Bonchev–Trinajstić information content (AvgIpc) is 3.00. The van der Waals surface area contributed by atoms with Crippen molar-refractivity contribution in [2.75, 3.05) is 38.8 Å². The second-order valence-corrected chi connectivity index (χ2v) is 11.9. The van der Waals surface area contributed by atoms with Crippen LogP contribution >= 0.6 is 0 Å². The molecule has 0 saturated carbocycles. The van der Waals surface area contributed by atoms with E-state index < -0.39 is 10.1 Å². The van der Waals surface area contributed by atoms with E-state index in [9.17, 15) is 13.2 Å². The molecule has 0 atom stereocenters. The summed E-state index contributed by atoms with van der Waals surface area (Å²) in [6.45, 7) is 6.04. The number of methoxy groups -OCH3 is 2. The highest BCUT2D eigenvalue weighted by Gasteiger charge is 2.28. The first kappa shape index (κ1) is 31.2. The number of rotatable bonds is 14. The summed E-state index contributed by atoms with van der Waals surface area (Å²) >= 11 is 0. The van der Waals surface area contributed by atoms with Gasteiger partial charge in [0.1, 0.15) is 5.75 Å². The van der Waals surface area contributed by atoms with Crippen molar-refractivity contribution in [2.45, 2.75) is 57.6 Å². The smallest absolute Gasteiger partial charge is 0.324 e. The number of hydrogen-bond donors (Lipinski definition) is 0. The normalized spacial score (nSPS) is 13.8. The Morgan fingerprint density at radius 3 is 2.33 bits per heavy atom. The van der Waals surface area contributed by atoms with Gasteiger partial charge in [-0.2, -0.15) is 8.42 Å². The van der Waals surface area contributed by atoms with Crippen LogP contribution in [0.3, 0.4) is 0 Å². The van der Waals surface area contributed by atoms with Gasteiger partial charge in [-0.1, -0.05) is 49.6 Å². The molecule has 2 amide bonds. The molecule has 42 heavy (non-hydrogen) atoms. The Morgan fingerprint density at radius 1 is 0.857 bits per heavy atom. The number of nitrogens with zero attached hydrogens (tertiary/aromatic N) is 2. The van der Waals surface area contributed by atoms with Gasteiger partial charge < -0.3 is 19.1 Å². The van der Waals surface area contributed by atoms with Gasteiger partial charge in [-0.25, -0.2) is 4.79 Å². The minimum absolute atomic E-state index is 0.108. The number of carbonyl (C=O) groups is 1. The van der Waals surface area contributed by atoms with Crippen LogP contribution in [0.25, 0.3) is 0 Å². The van der Waals surface area contributed by atoms with Crippen molar-refractivity contribution in [3.8, 4) is 17.2 Å². The maximum absolute atomic E-state index is 13.6. The lowest BCUT2D eigenvalue weighted by atomic mass is 10.1. The fraction of sp³-hybridized carbons (Fsp3) is 0.406. The second kappa shape index (κ2) is 14.4. The summed E-state index contributed by atoms with van der Waals surface area (Å²) in [5, 5.41) is 0. The predicted molar refractivity (Wildman–Crippen MR) is 162 cm³/mol. The standard InChI is InChI=1S/C32H40N2O7S/c1-5-6-7-19-40-31-21-27(13-16-29(31)38-3)34-18-8-17-33(32(34)35)22-26-12-11-25(20-30(26)39-4)23-41-42(36,37)28-14-9-24(2)10-15-28/h9-16,20-21H,5-8,17-19,22-23H2,1-4H3. The van der Waals surface area contributed by atoms with Crippen molar-refractivity contribution in [1.82, 2.24) is 4.90 Å². The van der Waals surface area contributed by atoms with E-state index in [4.69, 9.17) is 18.4 Å². The number of aryl methyl sites for hydroxylation is 1. The van der Waals surface area contributed by atoms with Crippen LogP contribution in [-0.2, 0) is 27.5 Å². The molecule has 0 unspecified atom stereocenters. The topological polar surface area (TPSA) is 94.6 Å². The maximum atomic E-state index is 13.6. The zero-order chi connectivity index (χ0) is 30.1. The van der Waals surface area contributed by atoms with Gasteiger partial charge in [-0.05, 0) is 55.7 Å². The highest BCUT2D eigenvalue weighted by Crippen LogP contribution is 2.34. The fourth-order valence-corrected chi connectivity index (χ4v) is 5.68. The van der Waals surface area contributed by atoms with Gasteiger partial charge >= 0.3 is 6.03 Å². The number of hydrogen-bond acceptors (Lipinski definition) is 7. The van der Waals surface area contributed by atoms with Gasteiger partial charge in [0.2, 0.25) is 0 Å². The Hall–Kier alpha value is -3.76. The summed E-state index contributed by atoms with van der Waals surface area (Å²) in [6.07, 6.45) is 3.95. The number of unbranched alkanes of at least 4 members (excludes halogenated alkanes) is 2. The minimum Gasteiger partial charge on any atom is -0.496 e. The molecule has 3 aromatic rings. The number of urea groups is 1. The highest BCUT2D eigenvalue weighted by atomic mass is 32.2. The zero-order valence-corrected chi connectivity index (χ0v) is 25.6. The molecule has 9 nitrogen and oxygen atoms in total.